The van der Waals surface area contributed by atoms with Crippen molar-refractivity contribution in [3.05, 3.63) is 84.4 Å². The van der Waals surface area contributed by atoms with Gasteiger partial charge in [0, 0.05) is 45.3 Å². The van der Waals surface area contributed by atoms with Gasteiger partial charge in [0.05, 0.1) is 5.69 Å². The summed E-state index contributed by atoms with van der Waals surface area (Å²) in [5.41, 5.74) is 2.08. The highest BCUT2D eigenvalue weighted by Crippen LogP contribution is 2.13. The maximum absolute atomic E-state index is 5.76. The lowest BCUT2D eigenvalue weighted by molar-refractivity contribution is 0.301. The Labute approximate surface area is 159 Å². The van der Waals surface area contributed by atoms with Crippen molar-refractivity contribution in [1.82, 2.24) is 20.2 Å². The molecule has 0 unspecified atom stereocenters. The van der Waals surface area contributed by atoms with Gasteiger partial charge in [-0.25, -0.2) is 0 Å². The number of ether oxygens (including phenoxy) is 1. The number of hydrogen-bond donors (Lipinski definition) is 2. The lowest BCUT2D eigenvalue weighted by Gasteiger charge is -2.13. The number of aliphatic imine (C=N–C) groups is 1. The van der Waals surface area contributed by atoms with Crippen LogP contribution in [0.5, 0.6) is 5.75 Å². The highest BCUT2D eigenvalue weighted by atomic mass is 16.5. The second-order valence-corrected chi connectivity index (χ2v) is 6.03. The van der Waals surface area contributed by atoms with Gasteiger partial charge in [0.2, 0.25) is 0 Å². The Bertz CT molecular complexity index is 814. The average Bonchev–Trinajstić information content (AvgIpc) is 3.24. The van der Waals surface area contributed by atoms with E-state index in [4.69, 9.17) is 4.74 Å². The molecule has 6 heteroatoms. The molecule has 2 aromatic heterocycles. The number of pyridine rings is 1. The minimum Gasteiger partial charge on any atom is -0.487 e. The van der Waals surface area contributed by atoms with Crippen LogP contribution in [-0.2, 0) is 19.7 Å². The molecule has 6 nitrogen and oxygen atoms in total. The molecule has 0 radical (unpaired) electrons. The van der Waals surface area contributed by atoms with Crippen molar-refractivity contribution in [3.63, 3.8) is 0 Å². The molecule has 140 valence electrons. The third-order valence-electron chi connectivity index (χ3n) is 4.05. The smallest absolute Gasteiger partial charge is 0.191 e. The van der Waals surface area contributed by atoms with E-state index < -0.39 is 0 Å². The largest absolute Gasteiger partial charge is 0.487 e. The number of benzene rings is 1. The van der Waals surface area contributed by atoms with E-state index in [0.29, 0.717) is 13.2 Å². The minimum absolute atomic E-state index is 0.469. The predicted molar refractivity (Wildman–Crippen MR) is 108 cm³/mol. The van der Waals surface area contributed by atoms with E-state index in [9.17, 15) is 0 Å². The Morgan fingerprint density at radius 2 is 1.85 bits per heavy atom. The summed E-state index contributed by atoms with van der Waals surface area (Å²) in [5.74, 6) is 1.62. The molecule has 0 saturated heterocycles. The van der Waals surface area contributed by atoms with Crippen LogP contribution < -0.4 is 15.4 Å². The Balaban J connectivity index is 1.40. The van der Waals surface area contributed by atoms with Crippen molar-refractivity contribution in [2.24, 2.45) is 4.99 Å². The fraction of sp³-hybridized carbons (Fsp3) is 0.238. The molecule has 0 spiro atoms. The van der Waals surface area contributed by atoms with Crippen molar-refractivity contribution in [1.29, 1.82) is 0 Å². The summed E-state index contributed by atoms with van der Waals surface area (Å²) >= 11 is 0. The Kier molecular flexibility index (Phi) is 6.86. The van der Waals surface area contributed by atoms with E-state index in [1.54, 1.807) is 13.2 Å². The summed E-state index contributed by atoms with van der Waals surface area (Å²) in [5, 5.41) is 6.64. The van der Waals surface area contributed by atoms with Crippen LogP contribution in [0.1, 0.15) is 11.3 Å². The van der Waals surface area contributed by atoms with E-state index in [1.165, 1.54) is 0 Å². The number of hydrogen-bond acceptors (Lipinski definition) is 3. The summed E-state index contributed by atoms with van der Waals surface area (Å²) in [4.78, 5) is 8.51. The topological polar surface area (TPSA) is 63.5 Å². The maximum Gasteiger partial charge on any atom is 0.191 e. The highest BCUT2D eigenvalue weighted by molar-refractivity contribution is 5.79. The van der Waals surface area contributed by atoms with Crippen molar-refractivity contribution in [2.75, 3.05) is 13.6 Å². The SMILES string of the molecule is CN=C(NCCn1cccc1)NCc1ccc(OCc2ccccn2)cc1. The number of nitrogens with zero attached hydrogens (tertiary/aromatic N) is 3. The normalized spacial score (nSPS) is 11.2. The van der Waals surface area contributed by atoms with E-state index in [-0.39, 0.29) is 0 Å². The Morgan fingerprint density at radius 1 is 1.04 bits per heavy atom. The first kappa shape index (κ1) is 18.5. The number of aromatic nitrogens is 2. The van der Waals surface area contributed by atoms with Gasteiger partial charge < -0.3 is 19.9 Å². The quantitative estimate of drug-likeness (QED) is 0.477. The van der Waals surface area contributed by atoms with Crippen LogP contribution in [0.4, 0.5) is 0 Å². The first-order valence-electron chi connectivity index (χ1n) is 9.00. The van der Waals surface area contributed by atoms with Crippen LogP contribution in [0.25, 0.3) is 0 Å². The van der Waals surface area contributed by atoms with Gasteiger partial charge in [-0.2, -0.15) is 0 Å². The van der Waals surface area contributed by atoms with Crippen molar-refractivity contribution < 1.29 is 4.74 Å². The Hall–Kier alpha value is -3.28. The van der Waals surface area contributed by atoms with E-state index in [2.05, 4.69) is 37.6 Å². The lowest BCUT2D eigenvalue weighted by Crippen LogP contribution is -2.38. The Morgan fingerprint density at radius 3 is 2.56 bits per heavy atom. The second kappa shape index (κ2) is 10.0. The predicted octanol–water partition coefficient (Wildman–Crippen LogP) is 2.83. The van der Waals surface area contributed by atoms with Gasteiger partial charge >= 0.3 is 0 Å². The van der Waals surface area contributed by atoms with Gasteiger partial charge in [-0.3, -0.25) is 9.98 Å². The van der Waals surface area contributed by atoms with Gasteiger partial charge in [0.25, 0.3) is 0 Å². The van der Waals surface area contributed by atoms with E-state index >= 15 is 0 Å². The summed E-state index contributed by atoms with van der Waals surface area (Å²) in [6.45, 7) is 2.88. The fourth-order valence-corrected chi connectivity index (χ4v) is 2.57. The zero-order chi connectivity index (χ0) is 18.7. The molecule has 2 N–H and O–H groups in total. The lowest BCUT2D eigenvalue weighted by atomic mass is 10.2. The third-order valence-corrected chi connectivity index (χ3v) is 4.05. The average molecular weight is 363 g/mol. The molecule has 0 atom stereocenters. The molecule has 0 aliphatic carbocycles. The zero-order valence-corrected chi connectivity index (χ0v) is 15.5. The van der Waals surface area contributed by atoms with Gasteiger partial charge in [-0.1, -0.05) is 18.2 Å². The number of nitrogens with one attached hydrogen (secondary N) is 2. The van der Waals surface area contributed by atoms with Gasteiger partial charge in [-0.05, 0) is 42.0 Å². The summed E-state index contributed by atoms with van der Waals surface area (Å²) in [7, 11) is 1.78. The van der Waals surface area contributed by atoms with Crippen LogP contribution in [-0.4, -0.2) is 29.1 Å². The summed E-state index contributed by atoms with van der Waals surface area (Å²) in [6.07, 6.45) is 5.87. The zero-order valence-electron chi connectivity index (χ0n) is 15.5. The molecular formula is C21H25N5O. The molecule has 0 aliphatic rings. The van der Waals surface area contributed by atoms with Crippen LogP contribution in [0, 0.1) is 0 Å². The molecule has 0 amide bonds. The molecule has 1 aromatic carbocycles. The molecule has 0 fully saturated rings. The van der Waals surface area contributed by atoms with Gasteiger partial charge in [-0.15, -0.1) is 0 Å². The number of rotatable bonds is 8. The van der Waals surface area contributed by atoms with Crippen LogP contribution >= 0.6 is 0 Å². The summed E-state index contributed by atoms with van der Waals surface area (Å²) < 4.78 is 7.89. The fourth-order valence-electron chi connectivity index (χ4n) is 2.57. The molecule has 0 saturated carbocycles. The van der Waals surface area contributed by atoms with Crippen molar-refractivity contribution in [2.45, 2.75) is 19.7 Å². The summed E-state index contributed by atoms with van der Waals surface area (Å²) in [6, 6.07) is 17.9. The van der Waals surface area contributed by atoms with E-state index in [1.807, 2.05) is 54.6 Å². The van der Waals surface area contributed by atoms with Crippen LogP contribution in [0.3, 0.4) is 0 Å². The molecule has 0 aliphatic heterocycles. The molecular weight excluding hydrogens is 338 g/mol. The monoisotopic (exact) mass is 363 g/mol. The molecule has 3 rings (SSSR count). The maximum atomic E-state index is 5.76. The number of guanidine groups is 1. The molecule has 3 aromatic rings. The van der Waals surface area contributed by atoms with Crippen LogP contribution in [0.15, 0.2) is 78.2 Å². The van der Waals surface area contributed by atoms with Crippen molar-refractivity contribution >= 4 is 5.96 Å². The molecule has 2 heterocycles. The van der Waals surface area contributed by atoms with Crippen LogP contribution in [0.2, 0.25) is 0 Å². The third kappa shape index (κ3) is 6.18. The standard InChI is InChI=1S/C21H25N5O/c1-22-21(24-12-15-26-13-4-5-14-26)25-16-18-7-9-20(10-8-18)27-17-19-6-2-3-11-23-19/h2-11,13-14H,12,15-17H2,1H3,(H2,22,24,25). The highest BCUT2D eigenvalue weighted by Gasteiger charge is 2.00. The first-order valence-corrected chi connectivity index (χ1v) is 9.00. The van der Waals surface area contributed by atoms with Crippen molar-refractivity contribution in [3.8, 4) is 5.75 Å². The van der Waals surface area contributed by atoms with Gasteiger partial charge in [0.15, 0.2) is 5.96 Å². The van der Waals surface area contributed by atoms with Gasteiger partial charge in [0.1, 0.15) is 12.4 Å². The first-order chi connectivity index (χ1) is 13.3. The minimum atomic E-state index is 0.469. The second-order valence-electron chi connectivity index (χ2n) is 6.03. The molecule has 0 bridgehead atoms. The molecule has 27 heavy (non-hydrogen) atoms. The van der Waals surface area contributed by atoms with E-state index in [0.717, 1.165) is 36.1 Å².